The second-order valence-corrected chi connectivity index (χ2v) is 9.81. The molecule has 3 rings (SSSR count). The van der Waals surface area contributed by atoms with Crippen LogP contribution in [0.1, 0.15) is 16.1 Å². The van der Waals surface area contributed by atoms with Gasteiger partial charge in [0.25, 0.3) is 0 Å². The van der Waals surface area contributed by atoms with Gasteiger partial charge in [0.1, 0.15) is 5.83 Å². The molecule has 0 spiro atoms. The van der Waals surface area contributed by atoms with Crippen molar-refractivity contribution < 1.29 is 22.7 Å². The van der Waals surface area contributed by atoms with Crippen LogP contribution in [-0.2, 0) is 16.6 Å². The average molecular weight is 480 g/mol. The lowest BCUT2D eigenvalue weighted by molar-refractivity contribution is 0.0697. The van der Waals surface area contributed by atoms with Crippen molar-refractivity contribution in [1.82, 2.24) is 13.7 Å². The zero-order valence-corrected chi connectivity index (χ0v) is 19.3. The highest BCUT2D eigenvalue weighted by Gasteiger charge is 2.22. The lowest BCUT2D eigenvalue weighted by Gasteiger charge is -2.12. The number of fused-ring (bicyclic) bond motifs is 1. The number of nitrogens with zero attached hydrogens (tertiary/aromatic N) is 2. The van der Waals surface area contributed by atoms with E-state index in [0.29, 0.717) is 27.7 Å². The topological polar surface area (TPSA) is 91.6 Å². The summed E-state index contributed by atoms with van der Waals surface area (Å²) in [6.07, 6.45) is 1.31. The second-order valence-electron chi connectivity index (χ2n) is 7.39. The predicted octanol–water partition coefficient (Wildman–Crippen LogP) is 4.16. The summed E-state index contributed by atoms with van der Waals surface area (Å²) in [6.45, 7) is 1.85. The Kier molecular flexibility index (Phi) is 7.04. The Morgan fingerprint density at radius 1 is 1.25 bits per heavy atom. The summed E-state index contributed by atoms with van der Waals surface area (Å²) in [5.41, 5.74) is 2.63. The first-order chi connectivity index (χ1) is 15.1. The maximum Gasteiger partial charge on any atom is 0.335 e. The summed E-state index contributed by atoms with van der Waals surface area (Å²) in [5.74, 6) is -1.50. The van der Waals surface area contributed by atoms with E-state index in [-0.39, 0.29) is 23.5 Å². The van der Waals surface area contributed by atoms with E-state index in [1.165, 1.54) is 38.4 Å². The van der Waals surface area contributed by atoms with Crippen LogP contribution in [0.2, 0.25) is 0 Å². The maximum atomic E-state index is 14.5. The van der Waals surface area contributed by atoms with E-state index in [9.17, 15) is 22.7 Å². The smallest absolute Gasteiger partial charge is 0.335 e. The van der Waals surface area contributed by atoms with Gasteiger partial charge in [-0.3, -0.25) is 0 Å². The number of aromatic carboxylic acids is 1. The number of hydrogen-bond acceptors (Lipinski definition) is 4. The van der Waals surface area contributed by atoms with Crippen molar-refractivity contribution >= 4 is 38.7 Å². The molecular weight excluding hydrogens is 457 g/mol. The first kappa shape index (κ1) is 23.9. The van der Waals surface area contributed by atoms with Crippen molar-refractivity contribution in [2.75, 3.05) is 20.6 Å². The third kappa shape index (κ3) is 4.56. The van der Waals surface area contributed by atoms with Crippen molar-refractivity contribution in [3.63, 3.8) is 0 Å². The highest BCUT2D eigenvalue weighted by molar-refractivity contribution is 7.89. The number of halogens is 2. The van der Waals surface area contributed by atoms with Crippen molar-refractivity contribution in [3.05, 3.63) is 65.6 Å². The lowest BCUT2D eigenvalue weighted by atomic mass is 10.0. The molecule has 1 aromatic heterocycles. The Labute approximate surface area is 190 Å². The molecule has 0 aliphatic heterocycles. The molecular formula is C22H23ClFN3O4S. The maximum absolute atomic E-state index is 14.5. The highest BCUT2D eigenvalue weighted by Crippen LogP contribution is 2.37. The van der Waals surface area contributed by atoms with Gasteiger partial charge in [-0.1, -0.05) is 12.1 Å². The Balaban J connectivity index is 2.31. The van der Waals surface area contributed by atoms with Crippen LogP contribution < -0.4 is 4.84 Å². The minimum absolute atomic E-state index is 0.0840. The third-order valence-electron chi connectivity index (χ3n) is 5.18. The molecule has 2 N–H and O–H groups in total. The number of nitrogens with one attached hydrogen (secondary N) is 1. The molecule has 10 heteroatoms. The van der Waals surface area contributed by atoms with E-state index >= 15 is 0 Å². The molecule has 0 atom stereocenters. The Morgan fingerprint density at radius 3 is 2.59 bits per heavy atom. The molecule has 0 amide bonds. The molecule has 2 aromatic carbocycles. The summed E-state index contributed by atoms with van der Waals surface area (Å²) < 4.78 is 42.8. The van der Waals surface area contributed by atoms with Gasteiger partial charge in [-0.25, -0.2) is 26.7 Å². The summed E-state index contributed by atoms with van der Waals surface area (Å²) in [4.78, 5) is 13.9. The molecule has 0 bridgehead atoms. The van der Waals surface area contributed by atoms with Gasteiger partial charge in [0.15, 0.2) is 0 Å². The summed E-state index contributed by atoms with van der Waals surface area (Å²) in [7, 11) is -0.821. The normalized spacial score (nSPS) is 12.6. The highest BCUT2D eigenvalue weighted by atomic mass is 35.5. The fourth-order valence-electron chi connectivity index (χ4n) is 3.57. The van der Waals surface area contributed by atoms with Crippen LogP contribution in [0, 0.1) is 6.92 Å². The first-order valence-electron chi connectivity index (χ1n) is 9.65. The van der Waals surface area contributed by atoms with Crippen molar-refractivity contribution in [3.8, 4) is 11.1 Å². The van der Waals surface area contributed by atoms with Crippen LogP contribution in [0.5, 0.6) is 0 Å². The number of hydrogen-bond donors (Lipinski definition) is 2. The average Bonchev–Trinajstić information content (AvgIpc) is 3.02. The molecule has 32 heavy (non-hydrogen) atoms. The van der Waals surface area contributed by atoms with Crippen LogP contribution in [0.3, 0.4) is 0 Å². The van der Waals surface area contributed by atoms with Crippen LogP contribution in [-0.4, -0.2) is 49.0 Å². The lowest BCUT2D eigenvalue weighted by Crippen LogP contribution is -2.22. The molecule has 0 radical (unpaired) electrons. The summed E-state index contributed by atoms with van der Waals surface area (Å²) >= 11 is 5.41. The van der Waals surface area contributed by atoms with Gasteiger partial charge < -0.3 is 9.67 Å². The summed E-state index contributed by atoms with van der Waals surface area (Å²) in [6, 6.07) is 11.0. The quantitative estimate of drug-likeness (QED) is 0.473. The first-order valence-corrected chi connectivity index (χ1v) is 11.5. The van der Waals surface area contributed by atoms with Gasteiger partial charge >= 0.3 is 5.97 Å². The largest absolute Gasteiger partial charge is 0.478 e. The minimum Gasteiger partial charge on any atom is -0.478 e. The predicted molar refractivity (Wildman–Crippen MR) is 123 cm³/mol. The Morgan fingerprint density at radius 2 is 1.97 bits per heavy atom. The van der Waals surface area contributed by atoms with Gasteiger partial charge in [0, 0.05) is 42.8 Å². The number of carboxylic acids is 1. The van der Waals surface area contributed by atoms with Crippen molar-refractivity contribution in [2.45, 2.75) is 18.4 Å². The zero-order valence-electron chi connectivity index (χ0n) is 17.8. The van der Waals surface area contributed by atoms with Crippen molar-refractivity contribution in [2.24, 2.45) is 0 Å². The van der Waals surface area contributed by atoms with E-state index < -0.39 is 21.8 Å². The fraction of sp³-hybridized carbons (Fsp3) is 0.227. The number of aromatic nitrogens is 1. The van der Waals surface area contributed by atoms with Crippen LogP contribution >= 0.6 is 11.8 Å². The Bertz CT molecular complexity index is 1320. The molecule has 3 aromatic rings. The van der Waals surface area contributed by atoms with E-state index in [2.05, 4.69) is 4.84 Å². The fourth-order valence-corrected chi connectivity index (χ4v) is 4.58. The van der Waals surface area contributed by atoms with E-state index in [4.69, 9.17) is 11.8 Å². The summed E-state index contributed by atoms with van der Waals surface area (Å²) in [5, 5.41) is 9.97. The molecule has 0 fully saturated rings. The Hall–Kier alpha value is -2.72. The number of allylic oxidation sites excluding steroid dienone is 1. The number of rotatable bonds is 8. The van der Waals surface area contributed by atoms with Gasteiger partial charge in [-0.2, -0.15) is 0 Å². The molecule has 0 saturated heterocycles. The third-order valence-corrected chi connectivity index (χ3v) is 7.15. The van der Waals surface area contributed by atoms with Gasteiger partial charge in [0.2, 0.25) is 10.0 Å². The van der Waals surface area contributed by atoms with E-state index in [1.807, 2.05) is 0 Å². The molecule has 1 heterocycles. The minimum atomic E-state index is -3.71. The molecule has 0 aliphatic rings. The number of carbonyl (C=O) groups is 1. The van der Waals surface area contributed by atoms with Crippen molar-refractivity contribution in [1.29, 1.82) is 0 Å². The standard InChI is InChI=1S/C22H23ClFN3O4S/c1-14-21(15-5-4-6-16(11-15)22(28)29)19-12-18(32(30,31)26(2)3)7-8-20(19)27(14)13-17(24)9-10-25-23/h4-9,11-12,25H,10,13H2,1-3H3,(H,28,29)/b17-9-. The molecule has 7 nitrogen and oxygen atoms in total. The van der Waals surface area contributed by atoms with E-state index in [0.717, 1.165) is 4.31 Å². The van der Waals surface area contributed by atoms with Gasteiger partial charge in [0.05, 0.1) is 17.0 Å². The second kappa shape index (κ2) is 9.41. The SMILES string of the molecule is Cc1c(-c2cccc(C(=O)O)c2)c2cc(S(=O)(=O)N(C)C)ccc2n1C/C(F)=C/CNCl. The molecule has 0 saturated carbocycles. The molecule has 170 valence electrons. The zero-order chi connectivity index (χ0) is 23.6. The van der Waals surface area contributed by atoms with Gasteiger partial charge in [-0.05, 0) is 60.7 Å². The molecule has 0 aliphatic carbocycles. The van der Waals surface area contributed by atoms with Crippen LogP contribution in [0.25, 0.3) is 22.0 Å². The van der Waals surface area contributed by atoms with E-state index in [1.54, 1.807) is 35.8 Å². The number of sulfonamides is 1. The number of carboxylic acid groups (broad SMARTS) is 1. The monoisotopic (exact) mass is 479 g/mol. The van der Waals surface area contributed by atoms with Crippen LogP contribution in [0.4, 0.5) is 4.39 Å². The number of benzene rings is 2. The van der Waals surface area contributed by atoms with Crippen LogP contribution in [0.15, 0.2) is 59.3 Å². The molecule has 0 unspecified atom stereocenters. The van der Waals surface area contributed by atoms with Gasteiger partial charge in [-0.15, -0.1) is 0 Å².